The average Bonchev–Trinajstić information content (AvgIpc) is 2.65. The predicted octanol–water partition coefficient (Wildman–Crippen LogP) is 7.12. The van der Waals surface area contributed by atoms with E-state index >= 15 is 0 Å². The van der Waals surface area contributed by atoms with Crippen LogP contribution in [-0.2, 0) is 9.09 Å². The molecule has 0 N–H and O–H groups in total. The molecule has 0 heterocycles. The number of nitrogens with zero attached hydrogens (tertiary/aromatic N) is 1. The van der Waals surface area contributed by atoms with Gasteiger partial charge in [0.15, 0.2) is 0 Å². The first-order valence-corrected chi connectivity index (χ1v) is 11.9. The average molecular weight is 399 g/mol. The molecule has 0 aromatic heterocycles. The summed E-state index contributed by atoms with van der Waals surface area (Å²) in [5.41, 5.74) is -0.0203. The second kappa shape index (κ2) is 13.7. The lowest BCUT2D eigenvalue weighted by Gasteiger charge is -2.19. The van der Waals surface area contributed by atoms with E-state index in [0.717, 1.165) is 38.5 Å². The first-order chi connectivity index (χ1) is 13.0. The molecule has 6 nitrogen and oxygen atoms in total. The van der Waals surface area contributed by atoms with E-state index in [9.17, 15) is 14.7 Å². The Morgan fingerprint density at radius 1 is 0.889 bits per heavy atom. The Bertz CT molecular complexity index is 576. The lowest BCUT2D eigenvalue weighted by Crippen LogP contribution is -2.04. The fourth-order valence-electron chi connectivity index (χ4n) is 2.74. The highest BCUT2D eigenvalue weighted by atomic mass is 31.2. The monoisotopic (exact) mass is 399 g/mol. The Labute approximate surface area is 163 Å². The normalized spacial score (nSPS) is 13.3. The van der Waals surface area contributed by atoms with Gasteiger partial charge < -0.3 is 4.52 Å². The number of nitro benzene ring substituents is 1. The van der Waals surface area contributed by atoms with Crippen molar-refractivity contribution in [1.82, 2.24) is 0 Å². The Balaban J connectivity index is 2.56. The van der Waals surface area contributed by atoms with E-state index < -0.39 is 12.5 Å². The van der Waals surface area contributed by atoms with Crippen molar-refractivity contribution in [1.29, 1.82) is 0 Å². The van der Waals surface area contributed by atoms with Crippen LogP contribution in [0.15, 0.2) is 24.3 Å². The number of non-ortho nitro benzene ring substituents is 1. The van der Waals surface area contributed by atoms with E-state index in [1.54, 1.807) is 0 Å². The fourth-order valence-corrected chi connectivity index (χ4v) is 4.48. The lowest BCUT2D eigenvalue weighted by atomic mass is 10.1. The summed E-state index contributed by atoms with van der Waals surface area (Å²) in [6.07, 6.45) is 11.1. The third kappa shape index (κ3) is 10.5. The van der Waals surface area contributed by atoms with E-state index in [-0.39, 0.29) is 5.69 Å². The Morgan fingerprint density at radius 2 is 1.44 bits per heavy atom. The van der Waals surface area contributed by atoms with Gasteiger partial charge in [0.25, 0.3) is 5.69 Å². The highest BCUT2D eigenvalue weighted by molar-refractivity contribution is 7.54. The summed E-state index contributed by atoms with van der Waals surface area (Å²) in [6, 6.07) is 5.66. The number of hydrogen-bond donors (Lipinski definition) is 0. The van der Waals surface area contributed by atoms with Gasteiger partial charge in [0.05, 0.1) is 17.7 Å². The molecule has 27 heavy (non-hydrogen) atoms. The van der Waals surface area contributed by atoms with E-state index in [2.05, 4.69) is 13.8 Å². The second-order valence-corrected chi connectivity index (χ2v) is 8.95. The zero-order valence-corrected chi connectivity index (χ0v) is 17.6. The molecule has 0 bridgehead atoms. The van der Waals surface area contributed by atoms with Crippen molar-refractivity contribution < 1.29 is 18.5 Å². The van der Waals surface area contributed by atoms with Gasteiger partial charge in [-0.05, 0) is 25.0 Å². The van der Waals surface area contributed by atoms with Gasteiger partial charge in [0.1, 0.15) is 5.75 Å². The molecule has 0 saturated carbocycles. The molecule has 7 heteroatoms. The summed E-state index contributed by atoms with van der Waals surface area (Å²) in [5, 5.41) is 10.8. The third-order valence-corrected chi connectivity index (χ3v) is 6.29. The van der Waals surface area contributed by atoms with Gasteiger partial charge in [0, 0.05) is 12.1 Å². The summed E-state index contributed by atoms with van der Waals surface area (Å²) in [5.74, 6) is 0.349. The summed E-state index contributed by atoms with van der Waals surface area (Å²) in [7, 11) is -3.25. The summed E-state index contributed by atoms with van der Waals surface area (Å²) >= 11 is 0. The number of unbranched alkanes of at least 4 members (excludes halogenated alkanes) is 8. The molecular weight excluding hydrogens is 365 g/mol. The van der Waals surface area contributed by atoms with Gasteiger partial charge in [0.2, 0.25) is 0 Å². The van der Waals surface area contributed by atoms with Gasteiger partial charge in [-0.3, -0.25) is 14.6 Å². The predicted molar refractivity (Wildman–Crippen MR) is 110 cm³/mol. The summed E-state index contributed by atoms with van der Waals surface area (Å²) in [4.78, 5) is 10.3. The van der Waals surface area contributed by atoms with Crippen LogP contribution in [0.4, 0.5) is 5.69 Å². The molecule has 0 radical (unpaired) electrons. The van der Waals surface area contributed by atoms with Crippen LogP contribution in [0.2, 0.25) is 0 Å². The molecule has 0 fully saturated rings. The highest BCUT2D eigenvalue weighted by Gasteiger charge is 2.26. The Kier molecular flexibility index (Phi) is 12.0. The molecule has 0 unspecified atom stereocenters. The van der Waals surface area contributed by atoms with Crippen LogP contribution >= 0.6 is 7.60 Å². The topological polar surface area (TPSA) is 78.7 Å². The molecule has 1 aromatic rings. The van der Waals surface area contributed by atoms with E-state index in [1.807, 2.05) is 0 Å². The highest BCUT2D eigenvalue weighted by Crippen LogP contribution is 2.49. The molecule has 1 atom stereocenters. The number of benzene rings is 1. The van der Waals surface area contributed by atoms with Crippen molar-refractivity contribution in [3.63, 3.8) is 0 Å². The number of rotatable bonds is 16. The molecule has 0 amide bonds. The maximum Gasteiger partial charge on any atom is 0.379 e. The van der Waals surface area contributed by atoms with Crippen LogP contribution in [0.25, 0.3) is 0 Å². The zero-order chi connectivity index (χ0) is 20.0. The number of nitro groups is 1. The van der Waals surface area contributed by atoms with Crippen LogP contribution in [0, 0.1) is 10.1 Å². The lowest BCUT2D eigenvalue weighted by molar-refractivity contribution is -0.384. The van der Waals surface area contributed by atoms with Crippen LogP contribution < -0.4 is 4.52 Å². The minimum Gasteiger partial charge on any atom is -0.424 e. The SMILES string of the molecule is CCCCCCCCO[P@](=O)(CCCCCC)Oc1ccc([N+](=O)[O-])cc1. The van der Waals surface area contributed by atoms with Gasteiger partial charge >= 0.3 is 7.60 Å². The second-order valence-electron chi connectivity index (χ2n) is 6.84. The van der Waals surface area contributed by atoms with Crippen LogP contribution in [0.5, 0.6) is 5.75 Å². The third-order valence-electron chi connectivity index (χ3n) is 4.36. The minimum atomic E-state index is -3.25. The van der Waals surface area contributed by atoms with Crippen LogP contribution in [-0.4, -0.2) is 17.7 Å². The zero-order valence-electron chi connectivity index (χ0n) is 16.7. The smallest absolute Gasteiger partial charge is 0.379 e. The van der Waals surface area contributed by atoms with Gasteiger partial charge in [-0.1, -0.05) is 65.2 Å². The maximum atomic E-state index is 13.1. The van der Waals surface area contributed by atoms with Gasteiger partial charge in [-0.25, -0.2) is 4.57 Å². The van der Waals surface area contributed by atoms with E-state index in [0.29, 0.717) is 18.5 Å². The molecule has 0 aliphatic rings. The largest absolute Gasteiger partial charge is 0.424 e. The van der Waals surface area contributed by atoms with E-state index in [4.69, 9.17) is 9.05 Å². The summed E-state index contributed by atoms with van der Waals surface area (Å²) in [6.45, 7) is 4.74. The molecule has 0 aliphatic carbocycles. The van der Waals surface area contributed by atoms with Crippen molar-refractivity contribution in [3.05, 3.63) is 34.4 Å². The minimum absolute atomic E-state index is 0.0203. The van der Waals surface area contributed by atoms with Crippen molar-refractivity contribution in [2.45, 2.75) is 78.1 Å². The van der Waals surface area contributed by atoms with Gasteiger partial charge in [-0.2, -0.15) is 0 Å². The molecular formula is C20H34NO5P. The maximum absolute atomic E-state index is 13.1. The first-order valence-electron chi connectivity index (χ1n) is 10.2. The molecule has 0 spiro atoms. The van der Waals surface area contributed by atoms with Crippen molar-refractivity contribution in [3.8, 4) is 5.75 Å². The van der Waals surface area contributed by atoms with E-state index in [1.165, 1.54) is 49.9 Å². The fraction of sp³-hybridized carbons (Fsp3) is 0.700. The first kappa shape index (κ1) is 23.6. The molecule has 1 aromatic carbocycles. The molecule has 0 aliphatic heterocycles. The quantitative estimate of drug-likeness (QED) is 0.128. The Hall–Kier alpha value is -1.39. The van der Waals surface area contributed by atoms with Crippen LogP contribution in [0.1, 0.15) is 78.1 Å². The number of hydrogen-bond acceptors (Lipinski definition) is 5. The standard InChI is InChI=1S/C20H34NO5P/c1-3-5-7-9-10-11-17-25-27(24,18-12-8-6-4-2)26-20-15-13-19(14-16-20)21(22)23/h13-16H,3-12,17-18H2,1-2H3/t27-/m1/s1. The molecule has 154 valence electrons. The van der Waals surface area contributed by atoms with Crippen LogP contribution in [0.3, 0.4) is 0 Å². The van der Waals surface area contributed by atoms with Crippen molar-refractivity contribution >= 4 is 13.3 Å². The van der Waals surface area contributed by atoms with Crippen molar-refractivity contribution in [2.75, 3.05) is 12.8 Å². The van der Waals surface area contributed by atoms with Crippen molar-refractivity contribution in [2.24, 2.45) is 0 Å². The Morgan fingerprint density at radius 3 is 2.04 bits per heavy atom. The van der Waals surface area contributed by atoms with Gasteiger partial charge in [-0.15, -0.1) is 0 Å². The molecule has 1 rings (SSSR count). The molecule has 0 saturated heterocycles. The summed E-state index contributed by atoms with van der Waals surface area (Å²) < 4.78 is 24.5.